The summed E-state index contributed by atoms with van der Waals surface area (Å²) in [6.45, 7) is 3.45. The van der Waals surface area contributed by atoms with E-state index in [1.165, 1.54) is 32.1 Å². The first kappa shape index (κ1) is 13.2. The molecule has 0 saturated heterocycles. The van der Waals surface area contributed by atoms with Crippen LogP contribution in [-0.4, -0.2) is 11.5 Å². The van der Waals surface area contributed by atoms with Gasteiger partial charge >= 0.3 is 0 Å². The Morgan fingerprint density at radius 3 is 3.10 bits per heavy atom. The average Bonchev–Trinajstić information content (AvgIpc) is 3.00. The number of benzene rings is 1. The third-order valence-electron chi connectivity index (χ3n) is 4.22. The molecule has 3 rings (SSSR count). The highest BCUT2D eigenvalue weighted by Crippen LogP contribution is 2.29. The van der Waals surface area contributed by atoms with Crippen LogP contribution >= 0.6 is 0 Å². The SMILES string of the molecule is CC1CCCC(CNc2cccc(-c3cnco3)c2)C1. The zero-order valence-corrected chi connectivity index (χ0v) is 12.0. The second kappa shape index (κ2) is 6.12. The first-order valence-electron chi connectivity index (χ1n) is 7.54. The van der Waals surface area contributed by atoms with Crippen LogP contribution in [0.4, 0.5) is 5.69 Å². The van der Waals surface area contributed by atoms with Crippen molar-refractivity contribution < 1.29 is 4.42 Å². The predicted molar refractivity (Wildman–Crippen MR) is 81.6 cm³/mol. The Balaban J connectivity index is 1.61. The topological polar surface area (TPSA) is 38.1 Å². The van der Waals surface area contributed by atoms with E-state index in [0.29, 0.717) is 0 Å². The number of nitrogens with one attached hydrogen (secondary N) is 1. The highest BCUT2D eigenvalue weighted by Gasteiger charge is 2.18. The summed E-state index contributed by atoms with van der Waals surface area (Å²) in [6.07, 6.45) is 8.72. The maximum absolute atomic E-state index is 5.34. The zero-order chi connectivity index (χ0) is 13.8. The number of aromatic nitrogens is 1. The van der Waals surface area contributed by atoms with Crippen LogP contribution in [0.2, 0.25) is 0 Å². The van der Waals surface area contributed by atoms with Crippen LogP contribution in [0.25, 0.3) is 11.3 Å². The van der Waals surface area contributed by atoms with Crippen LogP contribution in [0, 0.1) is 11.8 Å². The molecule has 1 saturated carbocycles. The van der Waals surface area contributed by atoms with Crippen LogP contribution in [0.3, 0.4) is 0 Å². The van der Waals surface area contributed by atoms with E-state index < -0.39 is 0 Å². The van der Waals surface area contributed by atoms with Crippen molar-refractivity contribution in [2.24, 2.45) is 11.8 Å². The van der Waals surface area contributed by atoms with Gasteiger partial charge in [0.2, 0.25) is 0 Å². The van der Waals surface area contributed by atoms with Crippen molar-refractivity contribution in [3.8, 4) is 11.3 Å². The van der Waals surface area contributed by atoms with E-state index in [4.69, 9.17) is 4.42 Å². The molecular weight excluding hydrogens is 248 g/mol. The molecule has 106 valence electrons. The molecule has 1 aliphatic rings. The van der Waals surface area contributed by atoms with Crippen LogP contribution in [0.5, 0.6) is 0 Å². The molecule has 0 bridgehead atoms. The second-order valence-electron chi connectivity index (χ2n) is 5.97. The minimum absolute atomic E-state index is 0.813. The van der Waals surface area contributed by atoms with Gasteiger partial charge in [-0.2, -0.15) is 0 Å². The normalized spacial score (nSPS) is 22.6. The first-order chi connectivity index (χ1) is 9.81. The van der Waals surface area contributed by atoms with Gasteiger partial charge in [-0.3, -0.25) is 0 Å². The number of anilines is 1. The number of nitrogens with zero attached hydrogens (tertiary/aromatic N) is 1. The number of hydrogen-bond acceptors (Lipinski definition) is 3. The van der Waals surface area contributed by atoms with Gasteiger partial charge in [0.05, 0.1) is 6.20 Å². The molecule has 0 spiro atoms. The van der Waals surface area contributed by atoms with Crippen LogP contribution < -0.4 is 5.32 Å². The molecule has 2 aromatic rings. The van der Waals surface area contributed by atoms with Gasteiger partial charge in [0, 0.05) is 17.8 Å². The summed E-state index contributed by atoms with van der Waals surface area (Å²) in [5.41, 5.74) is 2.24. The quantitative estimate of drug-likeness (QED) is 0.883. The van der Waals surface area contributed by atoms with Gasteiger partial charge in [-0.15, -0.1) is 0 Å². The van der Waals surface area contributed by atoms with Gasteiger partial charge in [-0.25, -0.2) is 4.98 Å². The molecule has 1 aliphatic carbocycles. The van der Waals surface area contributed by atoms with E-state index in [2.05, 4.69) is 35.4 Å². The number of rotatable bonds is 4. The molecule has 20 heavy (non-hydrogen) atoms. The van der Waals surface area contributed by atoms with Crippen molar-refractivity contribution in [1.82, 2.24) is 4.98 Å². The fourth-order valence-electron chi connectivity index (χ4n) is 3.15. The maximum Gasteiger partial charge on any atom is 0.181 e. The Bertz CT molecular complexity index is 536. The second-order valence-corrected chi connectivity index (χ2v) is 5.97. The average molecular weight is 270 g/mol. The minimum Gasteiger partial charge on any atom is -0.444 e. The van der Waals surface area contributed by atoms with Gasteiger partial charge in [-0.05, 0) is 36.8 Å². The van der Waals surface area contributed by atoms with Crippen LogP contribution in [-0.2, 0) is 0 Å². The lowest BCUT2D eigenvalue weighted by atomic mass is 9.82. The van der Waals surface area contributed by atoms with Crippen LogP contribution in [0.15, 0.2) is 41.3 Å². The molecule has 2 atom stereocenters. The molecular formula is C17H22N2O. The Morgan fingerprint density at radius 1 is 1.35 bits per heavy atom. The van der Waals surface area contributed by atoms with Crippen LogP contribution in [0.1, 0.15) is 32.6 Å². The third kappa shape index (κ3) is 3.21. The van der Waals surface area contributed by atoms with Gasteiger partial charge in [0.15, 0.2) is 12.2 Å². The molecule has 0 amide bonds. The molecule has 1 heterocycles. The first-order valence-corrected chi connectivity index (χ1v) is 7.54. The highest BCUT2D eigenvalue weighted by molar-refractivity contribution is 5.63. The van der Waals surface area contributed by atoms with Gasteiger partial charge in [0.25, 0.3) is 0 Å². The molecule has 1 N–H and O–H groups in total. The summed E-state index contributed by atoms with van der Waals surface area (Å²) >= 11 is 0. The molecule has 1 aromatic carbocycles. The van der Waals surface area contributed by atoms with Crippen molar-refractivity contribution in [3.05, 3.63) is 36.9 Å². The highest BCUT2D eigenvalue weighted by atomic mass is 16.3. The Morgan fingerprint density at radius 2 is 2.30 bits per heavy atom. The van der Waals surface area contributed by atoms with Gasteiger partial charge < -0.3 is 9.73 Å². The summed E-state index contributed by atoms with van der Waals surface area (Å²) in [7, 11) is 0. The van der Waals surface area contributed by atoms with E-state index in [1.54, 1.807) is 6.20 Å². The number of hydrogen-bond donors (Lipinski definition) is 1. The number of oxazole rings is 1. The Labute approximate surface area is 120 Å². The standard InChI is InChI=1S/C17H22N2O/c1-13-4-2-5-14(8-13)10-19-16-7-3-6-15(9-16)17-11-18-12-20-17/h3,6-7,9,11-14,19H,2,4-5,8,10H2,1H3. The van der Waals surface area contributed by atoms with Gasteiger partial charge in [0.1, 0.15) is 0 Å². The van der Waals surface area contributed by atoms with E-state index >= 15 is 0 Å². The minimum atomic E-state index is 0.813. The largest absolute Gasteiger partial charge is 0.444 e. The van der Waals surface area contributed by atoms with E-state index in [-0.39, 0.29) is 0 Å². The van der Waals surface area contributed by atoms with Crippen molar-refractivity contribution in [1.29, 1.82) is 0 Å². The summed E-state index contributed by atoms with van der Waals surface area (Å²) < 4.78 is 5.34. The lowest BCUT2D eigenvalue weighted by Crippen LogP contribution is -2.20. The lowest BCUT2D eigenvalue weighted by molar-refractivity contribution is 0.293. The van der Waals surface area contributed by atoms with E-state index in [1.807, 2.05) is 6.07 Å². The smallest absolute Gasteiger partial charge is 0.181 e. The monoisotopic (exact) mass is 270 g/mol. The van der Waals surface area contributed by atoms with Crippen molar-refractivity contribution in [2.45, 2.75) is 32.6 Å². The van der Waals surface area contributed by atoms with Crippen molar-refractivity contribution in [2.75, 3.05) is 11.9 Å². The Hall–Kier alpha value is -1.77. The van der Waals surface area contributed by atoms with Crippen molar-refractivity contribution >= 4 is 5.69 Å². The molecule has 0 aliphatic heterocycles. The molecule has 3 heteroatoms. The molecule has 0 radical (unpaired) electrons. The Kier molecular flexibility index (Phi) is 4.05. The van der Waals surface area contributed by atoms with E-state index in [0.717, 1.165) is 35.4 Å². The molecule has 1 aromatic heterocycles. The molecule has 1 fully saturated rings. The summed E-state index contributed by atoms with van der Waals surface area (Å²) in [5.74, 6) is 2.52. The fourth-order valence-corrected chi connectivity index (χ4v) is 3.15. The third-order valence-corrected chi connectivity index (χ3v) is 4.22. The summed E-state index contributed by atoms with van der Waals surface area (Å²) in [5, 5.41) is 3.58. The maximum atomic E-state index is 5.34. The zero-order valence-electron chi connectivity index (χ0n) is 12.0. The molecule has 3 nitrogen and oxygen atoms in total. The fraction of sp³-hybridized carbons (Fsp3) is 0.471. The van der Waals surface area contributed by atoms with E-state index in [9.17, 15) is 0 Å². The summed E-state index contributed by atoms with van der Waals surface area (Å²) in [4.78, 5) is 3.97. The van der Waals surface area contributed by atoms with Crippen molar-refractivity contribution in [3.63, 3.8) is 0 Å². The molecule has 2 unspecified atom stereocenters. The lowest BCUT2D eigenvalue weighted by Gasteiger charge is -2.27. The summed E-state index contributed by atoms with van der Waals surface area (Å²) in [6, 6.07) is 8.36. The predicted octanol–water partition coefficient (Wildman–Crippen LogP) is 4.58. The van der Waals surface area contributed by atoms with Gasteiger partial charge in [-0.1, -0.05) is 31.9 Å².